The predicted octanol–water partition coefficient (Wildman–Crippen LogP) is 2.69. The van der Waals surface area contributed by atoms with Crippen molar-refractivity contribution in [3.63, 3.8) is 0 Å². The Morgan fingerprint density at radius 2 is 2.00 bits per heavy atom. The third-order valence-electron chi connectivity index (χ3n) is 2.54. The van der Waals surface area contributed by atoms with E-state index in [1.165, 1.54) is 0 Å². The summed E-state index contributed by atoms with van der Waals surface area (Å²) >= 11 is 3.37. The molecule has 1 N–H and O–H groups in total. The number of sulfone groups is 1. The van der Waals surface area contributed by atoms with Crippen LogP contribution in [-0.2, 0) is 9.84 Å². The van der Waals surface area contributed by atoms with E-state index >= 15 is 0 Å². The molecule has 1 aromatic carbocycles. The lowest BCUT2D eigenvalue weighted by atomic mass is 10.3. The lowest BCUT2D eigenvalue weighted by Crippen LogP contribution is -2.22. The van der Waals surface area contributed by atoms with Crippen molar-refractivity contribution in [1.29, 1.82) is 0 Å². The third kappa shape index (κ3) is 4.49. The molecule has 102 valence electrons. The first kappa shape index (κ1) is 15.3. The molecule has 6 heteroatoms. The van der Waals surface area contributed by atoms with E-state index in [1.54, 1.807) is 21.0 Å². The summed E-state index contributed by atoms with van der Waals surface area (Å²) < 4.78 is 29.3. The maximum absolute atomic E-state index is 11.6. The Kier molecular flexibility index (Phi) is 5.47. The second kappa shape index (κ2) is 6.43. The van der Waals surface area contributed by atoms with Crippen molar-refractivity contribution >= 4 is 31.5 Å². The number of anilines is 1. The lowest BCUT2D eigenvalue weighted by Gasteiger charge is -2.11. The van der Waals surface area contributed by atoms with Crippen LogP contribution in [0.3, 0.4) is 0 Å². The molecule has 0 aliphatic heterocycles. The van der Waals surface area contributed by atoms with Crippen molar-refractivity contribution in [2.75, 3.05) is 24.7 Å². The second-order valence-corrected chi connectivity index (χ2v) is 7.81. The van der Waals surface area contributed by atoms with Crippen LogP contribution in [0.5, 0.6) is 5.75 Å². The molecule has 0 unspecified atom stereocenters. The highest BCUT2D eigenvalue weighted by atomic mass is 79.9. The summed E-state index contributed by atoms with van der Waals surface area (Å²) in [6.07, 6.45) is 0. The van der Waals surface area contributed by atoms with Crippen LogP contribution < -0.4 is 10.1 Å². The van der Waals surface area contributed by atoms with Crippen LogP contribution in [0.4, 0.5) is 5.69 Å². The molecule has 0 aromatic heterocycles. The lowest BCUT2D eigenvalue weighted by molar-refractivity contribution is 0.414. The molecule has 0 radical (unpaired) electrons. The van der Waals surface area contributed by atoms with Crippen LogP contribution in [0.15, 0.2) is 22.7 Å². The zero-order valence-corrected chi connectivity index (χ0v) is 13.1. The number of methoxy groups -OCH3 is 1. The topological polar surface area (TPSA) is 55.4 Å². The van der Waals surface area contributed by atoms with E-state index < -0.39 is 9.84 Å². The van der Waals surface area contributed by atoms with Gasteiger partial charge in [0.1, 0.15) is 5.75 Å². The quantitative estimate of drug-likeness (QED) is 0.868. The Balaban J connectivity index is 2.62. The highest BCUT2D eigenvalue weighted by molar-refractivity contribution is 9.10. The molecule has 0 amide bonds. The number of benzene rings is 1. The van der Waals surface area contributed by atoms with Crippen molar-refractivity contribution in [1.82, 2.24) is 0 Å². The van der Waals surface area contributed by atoms with Crippen molar-refractivity contribution < 1.29 is 13.2 Å². The number of halogens is 1. The van der Waals surface area contributed by atoms with Crippen LogP contribution in [0.25, 0.3) is 0 Å². The minimum absolute atomic E-state index is 0.124. The van der Waals surface area contributed by atoms with Crippen LogP contribution in [0, 0.1) is 0 Å². The first-order valence-electron chi connectivity index (χ1n) is 5.65. The number of ether oxygens (including phenoxy) is 1. The zero-order valence-electron chi connectivity index (χ0n) is 10.7. The van der Waals surface area contributed by atoms with Gasteiger partial charge in [0.15, 0.2) is 9.84 Å². The summed E-state index contributed by atoms with van der Waals surface area (Å²) in [6, 6.07) is 5.55. The van der Waals surface area contributed by atoms with Gasteiger partial charge in [0.05, 0.1) is 18.1 Å². The fourth-order valence-electron chi connectivity index (χ4n) is 1.36. The van der Waals surface area contributed by atoms with Gasteiger partial charge in [-0.3, -0.25) is 0 Å². The molecule has 1 aromatic rings. The summed E-state index contributed by atoms with van der Waals surface area (Å²) in [4.78, 5) is 0. The summed E-state index contributed by atoms with van der Waals surface area (Å²) in [7, 11) is -1.41. The number of hydrogen-bond donors (Lipinski definition) is 1. The summed E-state index contributed by atoms with van der Waals surface area (Å²) in [5, 5.41) is 2.75. The molecule has 0 atom stereocenters. The summed E-state index contributed by atoms with van der Waals surface area (Å²) in [5.41, 5.74) is 0.834. The van der Waals surface area contributed by atoms with Gasteiger partial charge in [-0.25, -0.2) is 8.42 Å². The molecule has 4 nitrogen and oxygen atoms in total. The van der Waals surface area contributed by atoms with Crippen molar-refractivity contribution in [3.8, 4) is 5.75 Å². The molecule has 0 spiro atoms. The largest absolute Gasteiger partial charge is 0.497 e. The van der Waals surface area contributed by atoms with Gasteiger partial charge in [0.2, 0.25) is 0 Å². The number of rotatable bonds is 6. The maximum atomic E-state index is 11.6. The highest BCUT2D eigenvalue weighted by Crippen LogP contribution is 2.24. The Hall–Kier alpha value is -0.750. The van der Waals surface area contributed by atoms with Crippen molar-refractivity contribution in [3.05, 3.63) is 22.7 Å². The monoisotopic (exact) mass is 335 g/mol. The highest BCUT2D eigenvalue weighted by Gasteiger charge is 2.15. The van der Waals surface area contributed by atoms with Gasteiger partial charge in [0, 0.05) is 22.8 Å². The Morgan fingerprint density at radius 1 is 1.33 bits per heavy atom. The van der Waals surface area contributed by atoms with Gasteiger partial charge in [-0.1, -0.05) is 15.9 Å². The van der Waals surface area contributed by atoms with E-state index in [9.17, 15) is 8.42 Å². The fourth-order valence-corrected chi connectivity index (χ4v) is 2.69. The van der Waals surface area contributed by atoms with E-state index in [-0.39, 0.29) is 11.0 Å². The number of nitrogens with one attached hydrogen (secondary N) is 1. The molecule has 1 rings (SSSR count). The molecule has 0 saturated heterocycles. The Morgan fingerprint density at radius 3 is 2.56 bits per heavy atom. The zero-order chi connectivity index (χ0) is 13.8. The first-order valence-corrected chi connectivity index (χ1v) is 8.16. The minimum atomic E-state index is -3.00. The molecule has 0 saturated carbocycles. The average Bonchev–Trinajstić information content (AvgIpc) is 2.27. The number of hydrogen-bond acceptors (Lipinski definition) is 4. The molecule has 18 heavy (non-hydrogen) atoms. The standard InChI is InChI=1S/C12H18BrNO3S/c1-9(2)18(15,16)5-4-14-11-6-10(13)7-12(8-11)17-3/h6-9,14H,4-5H2,1-3H3. The van der Waals surface area contributed by atoms with Gasteiger partial charge in [-0.2, -0.15) is 0 Å². The molecule has 0 heterocycles. The van der Waals surface area contributed by atoms with Gasteiger partial charge in [0.25, 0.3) is 0 Å². The molecule has 0 bridgehead atoms. The Labute approximate surface area is 117 Å². The van der Waals surface area contributed by atoms with Crippen molar-refractivity contribution in [2.24, 2.45) is 0 Å². The average molecular weight is 336 g/mol. The molecule has 0 fully saturated rings. The molecule has 0 aliphatic rings. The van der Waals surface area contributed by atoms with E-state index in [1.807, 2.05) is 18.2 Å². The van der Waals surface area contributed by atoms with E-state index in [2.05, 4.69) is 21.2 Å². The molecule has 0 aliphatic carbocycles. The summed E-state index contributed by atoms with van der Waals surface area (Å²) in [5.74, 6) is 0.845. The van der Waals surface area contributed by atoms with Gasteiger partial charge in [-0.05, 0) is 26.0 Å². The van der Waals surface area contributed by atoms with Crippen LogP contribution in [-0.4, -0.2) is 33.1 Å². The van der Waals surface area contributed by atoms with Crippen LogP contribution in [0.1, 0.15) is 13.8 Å². The fraction of sp³-hybridized carbons (Fsp3) is 0.500. The minimum Gasteiger partial charge on any atom is -0.497 e. The third-order valence-corrected chi connectivity index (χ3v) is 5.21. The molecular formula is C12H18BrNO3S. The Bertz CT molecular complexity index is 500. The van der Waals surface area contributed by atoms with E-state index in [0.29, 0.717) is 6.54 Å². The van der Waals surface area contributed by atoms with Gasteiger partial charge >= 0.3 is 0 Å². The second-order valence-electron chi connectivity index (χ2n) is 4.22. The smallest absolute Gasteiger partial charge is 0.154 e. The van der Waals surface area contributed by atoms with E-state index in [0.717, 1.165) is 15.9 Å². The normalized spacial score (nSPS) is 11.6. The maximum Gasteiger partial charge on any atom is 0.154 e. The predicted molar refractivity (Wildman–Crippen MR) is 78.1 cm³/mol. The first-order chi connectivity index (χ1) is 8.35. The van der Waals surface area contributed by atoms with Crippen LogP contribution >= 0.6 is 15.9 Å². The van der Waals surface area contributed by atoms with E-state index in [4.69, 9.17) is 4.74 Å². The summed E-state index contributed by atoms with van der Waals surface area (Å²) in [6.45, 7) is 3.77. The van der Waals surface area contributed by atoms with Gasteiger partial charge < -0.3 is 10.1 Å². The SMILES string of the molecule is COc1cc(Br)cc(NCCS(=O)(=O)C(C)C)c1. The van der Waals surface area contributed by atoms with Gasteiger partial charge in [-0.15, -0.1) is 0 Å². The molecular weight excluding hydrogens is 318 g/mol. The van der Waals surface area contributed by atoms with Crippen molar-refractivity contribution in [2.45, 2.75) is 19.1 Å². The van der Waals surface area contributed by atoms with Crippen LogP contribution in [0.2, 0.25) is 0 Å².